The zero-order valence-electron chi connectivity index (χ0n) is 11.2. The van der Waals surface area contributed by atoms with E-state index in [1.165, 1.54) is 43.2 Å². The van der Waals surface area contributed by atoms with Gasteiger partial charge in [-0.05, 0) is 37.7 Å². The summed E-state index contributed by atoms with van der Waals surface area (Å²) in [5, 5.41) is 3.68. The van der Waals surface area contributed by atoms with Crippen LogP contribution in [0.2, 0.25) is 0 Å². The molecule has 1 fully saturated rings. The number of hydrogen-bond donors (Lipinski definition) is 1. The van der Waals surface area contributed by atoms with Crippen molar-refractivity contribution in [2.45, 2.75) is 57.9 Å². The molecule has 1 aromatic carbocycles. The van der Waals surface area contributed by atoms with E-state index in [0.717, 1.165) is 12.6 Å². The Bertz CT molecular complexity index is 324. The van der Waals surface area contributed by atoms with Gasteiger partial charge in [0.05, 0.1) is 0 Å². The van der Waals surface area contributed by atoms with E-state index in [0.29, 0.717) is 5.92 Å². The zero-order chi connectivity index (χ0) is 12.1. The maximum Gasteiger partial charge on any atom is 0.00684 e. The molecule has 0 heterocycles. The van der Waals surface area contributed by atoms with Gasteiger partial charge in [-0.2, -0.15) is 0 Å². The Morgan fingerprint density at radius 3 is 2.53 bits per heavy atom. The van der Waals surface area contributed by atoms with E-state index in [4.69, 9.17) is 0 Å². The average Bonchev–Trinajstić information content (AvgIpc) is 3.15. The van der Waals surface area contributed by atoms with E-state index in [1.54, 1.807) is 0 Å². The van der Waals surface area contributed by atoms with Crippen LogP contribution < -0.4 is 5.32 Å². The summed E-state index contributed by atoms with van der Waals surface area (Å²) in [5.74, 6) is 0.705. The first-order valence-electron chi connectivity index (χ1n) is 7.09. The molecule has 1 saturated carbocycles. The fourth-order valence-corrected chi connectivity index (χ4v) is 2.27. The maximum atomic E-state index is 3.68. The van der Waals surface area contributed by atoms with Crippen LogP contribution >= 0.6 is 0 Å². The summed E-state index contributed by atoms with van der Waals surface area (Å²) in [4.78, 5) is 0. The lowest BCUT2D eigenvalue weighted by molar-refractivity contribution is 0.527. The standard InChI is InChI=1S/C16H25N/c1-3-4-5-15(12-17-16-10-11-16)14-8-6-13(2)7-9-14/h6-9,15-17H,3-5,10-12H2,1-2H3. The molecular formula is C16H25N. The summed E-state index contributed by atoms with van der Waals surface area (Å²) in [7, 11) is 0. The molecule has 17 heavy (non-hydrogen) atoms. The van der Waals surface area contributed by atoms with Gasteiger partial charge < -0.3 is 5.32 Å². The van der Waals surface area contributed by atoms with Crippen LogP contribution in [-0.4, -0.2) is 12.6 Å². The number of rotatable bonds is 7. The Labute approximate surface area is 106 Å². The Morgan fingerprint density at radius 1 is 1.24 bits per heavy atom. The molecule has 1 aliphatic rings. The average molecular weight is 231 g/mol. The summed E-state index contributed by atoms with van der Waals surface area (Å²) in [6.07, 6.45) is 6.72. The largest absolute Gasteiger partial charge is 0.313 e. The van der Waals surface area contributed by atoms with Crippen LogP contribution in [-0.2, 0) is 0 Å². The quantitative estimate of drug-likeness (QED) is 0.747. The third-order valence-corrected chi connectivity index (χ3v) is 3.69. The second-order valence-electron chi connectivity index (χ2n) is 5.43. The SMILES string of the molecule is CCCCC(CNC1CC1)c1ccc(C)cc1. The third-order valence-electron chi connectivity index (χ3n) is 3.69. The van der Waals surface area contributed by atoms with Crippen molar-refractivity contribution < 1.29 is 0 Å². The van der Waals surface area contributed by atoms with Crippen molar-refractivity contribution in [1.29, 1.82) is 0 Å². The van der Waals surface area contributed by atoms with Crippen molar-refractivity contribution in [3.63, 3.8) is 0 Å². The van der Waals surface area contributed by atoms with E-state index < -0.39 is 0 Å². The second-order valence-corrected chi connectivity index (χ2v) is 5.43. The number of unbranched alkanes of at least 4 members (excludes halogenated alkanes) is 1. The first-order valence-corrected chi connectivity index (χ1v) is 7.09. The first kappa shape index (κ1) is 12.6. The van der Waals surface area contributed by atoms with Gasteiger partial charge in [-0.3, -0.25) is 0 Å². The monoisotopic (exact) mass is 231 g/mol. The summed E-state index contributed by atoms with van der Waals surface area (Å²) in [5.41, 5.74) is 2.87. The Hall–Kier alpha value is -0.820. The molecule has 1 unspecified atom stereocenters. The minimum absolute atomic E-state index is 0.705. The van der Waals surface area contributed by atoms with Crippen molar-refractivity contribution in [2.75, 3.05) is 6.54 Å². The summed E-state index contributed by atoms with van der Waals surface area (Å²) in [6, 6.07) is 9.93. The minimum Gasteiger partial charge on any atom is -0.313 e. The van der Waals surface area contributed by atoms with Gasteiger partial charge in [-0.15, -0.1) is 0 Å². The van der Waals surface area contributed by atoms with Crippen molar-refractivity contribution >= 4 is 0 Å². The molecule has 1 atom stereocenters. The van der Waals surface area contributed by atoms with Gasteiger partial charge in [0.25, 0.3) is 0 Å². The maximum absolute atomic E-state index is 3.68. The predicted molar refractivity (Wildman–Crippen MR) is 74.5 cm³/mol. The number of benzene rings is 1. The van der Waals surface area contributed by atoms with E-state index in [-0.39, 0.29) is 0 Å². The molecule has 0 spiro atoms. The molecule has 1 heteroatoms. The molecule has 94 valence electrons. The molecule has 0 saturated heterocycles. The smallest absolute Gasteiger partial charge is 0.00684 e. The van der Waals surface area contributed by atoms with Gasteiger partial charge in [0.15, 0.2) is 0 Å². The highest BCUT2D eigenvalue weighted by Crippen LogP contribution is 2.25. The highest BCUT2D eigenvalue weighted by Gasteiger charge is 2.22. The molecular weight excluding hydrogens is 206 g/mol. The molecule has 2 rings (SSSR count). The van der Waals surface area contributed by atoms with Crippen LogP contribution in [0.4, 0.5) is 0 Å². The lowest BCUT2D eigenvalue weighted by atomic mass is 9.93. The zero-order valence-corrected chi connectivity index (χ0v) is 11.2. The fraction of sp³-hybridized carbons (Fsp3) is 0.625. The second kappa shape index (κ2) is 6.20. The minimum atomic E-state index is 0.705. The van der Waals surface area contributed by atoms with E-state index >= 15 is 0 Å². The van der Waals surface area contributed by atoms with E-state index in [2.05, 4.69) is 43.4 Å². The van der Waals surface area contributed by atoms with Gasteiger partial charge in [0, 0.05) is 12.6 Å². The Kier molecular flexibility index (Phi) is 4.61. The van der Waals surface area contributed by atoms with Crippen molar-refractivity contribution in [2.24, 2.45) is 0 Å². The van der Waals surface area contributed by atoms with E-state index in [1.807, 2.05) is 0 Å². The molecule has 1 aliphatic carbocycles. The van der Waals surface area contributed by atoms with Gasteiger partial charge in [-0.25, -0.2) is 0 Å². The van der Waals surface area contributed by atoms with Gasteiger partial charge in [-0.1, -0.05) is 49.6 Å². The highest BCUT2D eigenvalue weighted by molar-refractivity contribution is 5.24. The highest BCUT2D eigenvalue weighted by atomic mass is 14.9. The number of hydrogen-bond acceptors (Lipinski definition) is 1. The van der Waals surface area contributed by atoms with Crippen molar-refractivity contribution in [1.82, 2.24) is 5.32 Å². The van der Waals surface area contributed by atoms with Crippen LogP contribution in [0.1, 0.15) is 56.1 Å². The molecule has 0 amide bonds. The summed E-state index contributed by atoms with van der Waals surface area (Å²) >= 11 is 0. The third kappa shape index (κ3) is 4.16. The van der Waals surface area contributed by atoms with E-state index in [9.17, 15) is 0 Å². The molecule has 0 bridgehead atoms. The van der Waals surface area contributed by atoms with Crippen LogP contribution in [0.25, 0.3) is 0 Å². The topological polar surface area (TPSA) is 12.0 Å². The molecule has 1 nitrogen and oxygen atoms in total. The molecule has 0 radical (unpaired) electrons. The summed E-state index contributed by atoms with van der Waals surface area (Å²) < 4.78 is 0. The molecule has 0 aromatic heterocycles. The number of aryl methyl sites for hydroxylation is 1. The molecule has 0 aliphatic heterocycles. The molecule has 1 aromatic rings. The Balaban J connectivity index is 1.93. The molecule has 1 N–H and O–H groups in total. The van der Waals surface area contributed by atoms with Crippen molar-refractivity contribution in [3.05, 3.63) is 35.4 Å². The van der Waals surface area contributed by atoms with Crippen LogP contribution in [0.5, 0.6) is 0 Å². The van der Waals surface area contributed by atoms with Crippen LogP contribution in [0.3, 0.4) is 0 Å². The van der Waals surface area contributed by atoms with Gasteiger partial charge in [0.2, 0.25) is 0 Å². The lowest BCUT2D eigenvalue weighted by Gasteiger charge is -2.18. The van der Waals surface area contributed by atoms with Crippen LogP contribution in [0.15, 0.2) is 24.3 Å². The predicted octanol–water partition coefficient (Wildman–Crippen LogP) is 4.02. The van der Waals surface area contributed by atoms with Crippen LogP contribution in [0, 0.1) is 6.92 Å². The fourth-order valence-electron chi connectivity index (χ4n) is 2.27. The normalized spacial score (nSPS) is 17.1. The first-order chi connectivity index (χ1) is 8.29. The van der Waals surface area contributed by atoms with Crippen molar-refractivity contribution in [3.8, 4) is 0 Å². The number of nitrogens with one attached hydrogen (secondary N) is 1. The lowest BCUT2D eigenvalue weighted by Crippen LogP contribution is -2.23. The van der Waals surface area contributed by atoms with Gasteiger partial charge >= 0.3 is 0 Å². The summed E-state index contributed by atoms with van der Waals surface area (Å²) in [6.45, 7) is 5.60. The van der Waals surface area contributed by atoms with Gasteiger partial charge in [0.1, 0.15) is 0 Å². The Morgan fingerprint density at radius 2 is 1.94 bits per heavy atom.